The second-order valence-corrected chi connectivity index (χ2v) is 5.27. The molecule has 0 aliphatic heterocycles. The molecule has 0 heterocycles. The van der Waals surface area contributed by atoms with Crippen molar-refractivity contribution < 1.29 is 0 Å². The maximum Gasteiger partial charge on any atom is 0.00739 e. The minimum absolute atomic E-state index is 0.386. The Kier molecular flexibility index (Phi) is 1.56. The fourth-order valence-electron chi connectivity index (χ4n) is 4.27. The van der Waals surface area contributed by atoms with E-state index in [1.807, 2.05) is 0 Å². The highest BCUT2D eigenvalue weighted by Crippen LogP contribution is 2.56. The smallest absolute Gasteiger partial charge is 0.00739 e. The molecule has 3 saturated carbocycles. The van der Waals surface area contributed by atoms with Crippen molar-refractivity contribution in [3.05, 3.63) is 0 Å². The van der Waals surface area contributed by atoms with Crippen molar-refractivity contribution in [2.24, 2.45) is 40.9 Å². The molecule has 74 valence electrons. The first-order valence-corrected chi connectivity index (χ1v) is 5.45. The van der Waals surface area contributed by atoms with Crippen molar-refractivity contribution in [3.63, 3.8) is 0 Å². The average molecular weight is 181 g/mol. The number of rotatable bonds is 0. The van der Waals surface area contributed by atoms with Crippen LogP contribution in [0.25, 0.3) is 0 Å². The summed E-state index contributed by atoms with van der Waals surface area (Å²) in [5.41, 5.74) is 18.4. The molecule has 3 nitrogen and oxygen atoms in total. The van der Waals surface area contributed by atoms with Crippen LogP contribution in [0.2, 0.25) is 0 Å². The Morgan fingerprint density at radius 2 is 0.923 bits per heavy atom. The zero-order valence-electron chi connectivity index (χ0n) is 7.89. The molecule has 7 atom stereocenters. The van der Waals surface area contributed by atoms with E-state index in [0.717, 1.165) is 25.2 Å². The summed E-state index contributed by atoms with van der Waals surface area (Å²) in [7, 11) is 0. The van der Waals surface area contributed by atoms with Gasteiger partial charge in [0, 0.05) is 18.1 Å². The Hall–Kier alpha value is -0.120. The molecule has 5 unspecified atom stereocenters. The Labute approximate surface area is 79.0 Å². The molecule has 6 N–H and O–H groups in total. The maximum absolute atomic E-state index is 6.12. The molecule has 0 bridgehead atoms. The topological polar surface area (TPSA) is 78.1 Å². The van der Waals surface area contributed by atoms with E-state index < -0.39 is 0 Å². The molecule has 0 aromatic heterocycles. The van der Waals surface area contributed by atoms with Crippen molar-refractivity contribution in [1.29, 1.82) is 0 Å². The van der Waals surface area contributed by atoms with Gasteiger partial charge in [-0.15, -0.1) is 0 Å². The summed E-state index contributed by atoms with van der Waals surface area (Å²) in [6.07, 6.45) is 3.46. The maximum atomic E-state index is 6.12. The number of nitrogens with two attached hydrogens (primary N) is 3. The zero-order valence-corrected chi connectivity index (χ0v) is 7.89. The van der Waals surface area contributed by atoms with Crippen LogP contribution in [-0.2, 0) is 0 Å². The van der Waals surface area contributed by atoms with E-state index in [-0.39, 0.29) is 0 Å². The third-order valence-electron chi connectivity index (χ3n) is 4.77. The van der Waals surface area contributed by atoms with Crippen molar-refractivity contribution >= 4 is 0 Å². The normalized spacial score (nSPS) is 64.4. The largest absolute Gasteiger partial charge is 0.327 e. The lowest BCUT2D eigenvalue weighted by Crippen LogP contribution is -2.27. The zero-order chi connectivity index (χ0) is 9.16. The quantitative estimate of drug-likeness (QED) is 0.478. The first kappa shape index (κ1) is 8.21. The first-order chi connectivity index (χ1) is 6.18. The highest BCUT2D eigenvalue weighted by Gasteiger charge is 2.57. The Morgan fingerprint density at radius 1 is 0.615 bits per heavy atom. The van der Waals surface area contributed by atoms with E-state index >= 15 is 0 Å². The van der Waals surface area contributed by atoms with Crippen molar-refractivity contribution in [2.75, 3.05) is 0 Å². The van der Waals surface area contributed by atoms with E-state index in [1.165, 1.54) is 0 Å². The predicted octanol–water partition coefficient (Wildman–Crippen LogP) is -0.356. The fraction of sp³-hybridized carbons (Fsp3) is 1.00. The monoisotopic (exact) mass is 181 g/mol. The lowest BCUT2D eigenvalue weighted by atomic mass is 9.91. The average Bonchev–Trinajstić information content (AvgIpc) is 2.63. The summed E-state index contributed by atoms with van der Waals surface area (Å²) in [6, 6.07) is 1.16. The van der Waals surface area contributed by atoms with Gasteiger partial charge in [0.05, 0.1) is 0 Å². The molecule has 0 aromatic rings. The van der Waals surface area contributed by atoms with Crippen molar-refractivity contribution in [3.8, 4) is 0 Å². The van der Waals surface area contributed by atoms with Crippen LogP contribution in [0.1, 0.15) is 19.3 Å². The summed E-state index contributed by atoms with van der Waals surface area (Å²) in [5, 5.41) is 0. The lowest BCUT2D eigenvalue weighted by Gasteiger charge is -2.15. The van der Waals surface area contributed by atoms with Crippen LogP contribution in [-0.4, -0.2) is 18.1 Å². The molecule has 0 amide bonds. The molecule has 3 rings (SSSR count). The molecule has 0 saturated heterocycles. The Morgan fingerprint density at radius 3 is 1.23 bits per heavy atom. The van der Waals surface area contributed by atoms with Gasteiger partial charge < -0.3 is 17.2 Å². The van der Waals surface area contributed by atoms with Gasteiger partial charge in [0.1, 0.15) is 0 Å². The van der Waals surface area contributed by atoms with Crippen LogP contribution in [0.3, 0.4) is 0 Å². The molecule has 3 heteroatoms. The van der Waals surface area contributed by atoms with Gasteiger partial charge in [0.2, 0.25) is 0 Å². The SMILES string of the molecule is NC1CC2C3C1CC(N)[C@H]3C[C@H]2N. The lowest BCUT2D eigenvalue weighted by molar-refractivity contribution is 0.337. The highest BCUT2D eigenvalue weighted by atomic mass is 14.9. The van der Waals surface area contributed by atoms with E-state index in [2.05, 4.69) is 0 Å². The van der Waals surface area contributed by atoms with Gasteiger partial charge in [0.15, 0.2) is 0 Å². The minimum atomic E-state index is 0.386. The summed E-state index contributed by atoms with van der Waals surface area (Å²) in [5.74, 6) is 2.86. The molecule has 0 spiro atoms. The third kappa shape index (κ3) is 0.901. The summed E-state index contributed by atoms with van der Waals surface area (Å²) in [6.45, 7) is 0. The third-order valence-corrected chi connectivity index (χ3v) is 4.77. The van der Waals surface area contributed by atoms with Gasteiger partial charge in [-0.2, -0.15) is 0 Å². The van der Waals surface area contributed by atoms with E-state index in [9.17, 15) is 0 Å². The summed E-state index contributed by atoms with van der Waals surface area (Å²) in [4.78, 5) is 0. The molecule has 0 radical (unpaired) electrons. The van der Waals surface area contributed by atoms with E-state index in [4.69, 9.17) is 17.2 Å². The van der Waals surface area contributed by atoms with Crippen LogP contribution in [0.15, 0.2) is 0 Å². The summed E-state index contributed by atoms with van der Waals surface area (Å²) >= 11 is 0. The standard InChI is InChI=1S/C10H19N3/c11-7-1-4-8(12)3-6-9(13)2-5(7)10(4)6/h4-10H,1-3,11-13H2/t4-,5?,6?,7-,8?,9?,10?/m1/s1. The van der Waals surface area contributed by atoms with Crippen LogP contribution in [0.4, 0.5) is 0 Å². The van der Waals surface area contributed by atoms with Gasteiger partial charge in [0.25, 0.3) is 0 Å². The summed E-state index contributed by atoms with van der Waals surface area (Å²) < 4.78 is 0. The molecule has 3 aliphatic rings. The number of hydrogen-bond donors (Lipinski definition) is 3. The van der Waals surface area contributed by atoms with Crippen molar-refractivity contribution in [2.45, 2.75) is 37.4 Å². The van der Waals surface area contributed by atoms with Gasteiger partial charge in [-0.05, 0) is 42.9 Å². The Bertz CT molecular complexity index is 192. The Balaban J connectivity index is 1.94. The first-order valence-electron chi connectivity index (χ1n) is 5.45. The van der Waals surface area contributed by atoms with Crippen LogP contribution in [0, 0.1) is 23.7 Å². The molecule has 3 fully saturated rings. The van der Waals surface area contributed by atoms with Gasteiger partial charge >= 0.3 is 0 Å². The minimum Gasteiger partial charge on any atom is -0.327 e. The van der Waals surface area contributed by atoms with Gasteiger partial charge in [-0.3, -0.25) is 0 Å². The predicted molar refractivity (Wildman–Crippen MR) is 51.7 cm³/mol. The molecule has 13 heavy (non-hydrogen) atoms. The molecular weight excluding hydrogens is 162 g/mol. The fourth-order valence-corrected chi connectivity index (χ4v) is 4.27. The highest BCUT2D eigenvalue weighted by molar-refractivity contribution is 5.11. The van der Waals surface area contributed by atoms with E-state index in [1.54, 1.807) is 0 Å². The molecule has 3 aliphatic carbocycles. The van der Waals surface area contributed by atoms with Crippen LogP contribution >= 0.6 is 0 Å². The van der Waals surface area contributed by atoms with Gasteiger partial charge in [-0.1, -0.05) is 0 Å². The van der Waals surface area contributed by atoms with Gasteiger partial charge in [-0.25, -0.2) is 0 Å². The van der Waals surface area contributed by atoms with Crippen molar-refractivity contribution in [1.82, 2.24) is 0 Å². The number of hydrogen-bond acceptors (Lipinski definition) is 3. The van der Waals surface area contributed by atoms with E-state index in [0.29, 0.717) is 35.9 Å². The van der Waals surface area contributed by atoms with Crippen LogP contribution < -0.4 is 17.2 Å². The van der Waals surface area contributed by atoms with Crippen LogP contribution in [0.5, 0.6) is 0 Å². The molecular formula is C10H19N3. The second-order valence-electron chi connectivity index (χ2n) is 5.27. The molecule has 0 aromatic carbocycles. The second kappa shape index (κ2) is 2.47.